The van der Waals surface area contributed by atoms with Gasteiger partial charge < -0.3 is 4.74 Å². The fourth-order valence-corrected chi connectivity index (χ4v) is 7.07. The van der Waals surface area contributed by atoms with Crippen molar-refractivity contribution < 1.29 is 17.9 Å². The Balaban J connectivity index is 1.20. The maximum absolute atomic E-state index is 15.4. The molecule has 0 bridgehead atoms. The van der Waals surface area contributed by atoms with Crippen molar-refractivity contribution in [3.05, 3.63) is 96.3 Å². The van der Waals surface area contributed by atoms with E-state index in [-0.39, 0.29) is 23.7 Å². The third kappa shape index (κ3) is 7.63. The molecule has 2 aliphatic rings. The lowest BCUT2D eigenvalue weighted by Gasteiger charge is -2.35. The highest BCUT2D eigenvalue weighted by Gasteiger charge is 2.29. The van der Waals surface area contributed by atoms with Gasteiger partial charge in [-0.15, -0.1) is 6.58 Å². The first-order chi connectivity index (χ1) is 21.0. The number of benzene rings is 3. The zero-order valence-electron chi connectivity index (χ0n) is 25.5. The molecule has 1 nitrogen and oxygen atoms in total. The van der Waals surface area contributed by atoms with Crippen molar-refractivity contribution in [1.82, 2.24) is 0 Å². The van der Waals surface area contributed by atoms with E-state index in [9.17, 15) is 8.78 Å². The summed E-state index contributed by atoms with van der Waals surface area (Å²) in [5.74, 6) is 0.228. The van der Waals surface area contributed by atoms with Crippen LogP contribution in [-0.4, -0.2) is 6.61 Å². The average molecular weight is 587 g/mol. The van der Waals surface area contributed by atoms with Crippen LogP contribution < -0.4 is 4.74 Å². The molecule has 4 heteroatoms. The van der Waals surface area contributed by atoms with Gasteiger partial charge in [-0.05, 0) is 96.7 Å². The van der Waals surface area contributed by atoms with Crippen molar-refractivity contribution in [2.24, 2.45) is 17.8 Å². The van der Waals surface area contributed by atoms with Gasteiger partial charge in [0, 0.05) is 11.1 Å². The molecular formula is C39H45F3O. The molecule has 1 unspecified atom stereocenters. The zero-order valence-corrected chi connectivity index (χ0v) is 25.5. The summed E-state index contributed by atoms with van der Waals surface area (Å²) in [7, 11) is 0. The molecule has 43 heavy (non-hydrogen) atoms. The Morgan fingerprint density at radius 3 is 2.19 bits per heavy atom. The largest absolute Gasteiger partial charge is 0.490 e. The smallest absolute Gasteiger partial charge is 0.201 e. The topological polar surface area (TPSA) is 9.23 Å². The number of halogens is 3. The van der Waals surface area contributed by atoms with E-state index >= 15 is 4.39 Å². The van der Waals surface area contributed by atoms with Crippen molar-refractivity contribution in [2.45, 2.75) is 84.0 Å². The molecule has 1 saturated carbocycles. The van der Waals surface area contributed by atoms with Crippen LogP contribution in [0.1, 0.15) is 89.5 Å². The van der Waals surface area contributed by atoms with Crippen LogP contribution in [0.15, 0.2) is 73.3 Å². The van der Waals surface area contributed by atoms with E-state index in [1.54, 1.807) is 24.3 Å². The second-order valence-electron chi connectivity index (χ2n) is 12.5. The third-order valence-electron chi connectivity index (χ3n) is 9.70. The van der Waals surface area contributed by atoms with Gasteiger partial charge >= 0.3 is 0 Å². The molecule has 5 rings (SSSR count). The first kappa shape index (κ1) is 31.2. The number of ether oxygens (including phenoxy) is 1. The summed E-state index contributed by atoms with van der Waals surface area (Å²) >= 11 is 0. The van der Waals surface area contributed by atoms with Crippen molar-refractivity contribution in [1.29, 1.82) is 0 Å². The predicted molar refractivity (Wildman–Crippen MR) is 172 cm³/mol. The molecular weight excluding hydrogens is 541 g/mol. The standard InChI is InChI=1S/C39H45F3O/c1-3-5-7-8-27-9-11-28(12-10-27)29-13-17-31(18-14-29)34-22-21-33(26-36(34)40)30-15-19-32(20-16-30)35-23-24-37(39(42)38(35)41)43-25-6-4-2/h4,15-17,19-24,26-29H,2-3,5-14,18,25H2,1H3. The minimum atomic E-state index is -1.00. The summed E-state index contributed by atoms with van der Waals surface area (Å²) in [5.41, 5.74) is 4.11. The van der Waals surface area contributed by atoms with Gasteiger partial charge in [0.15, 0.2) is 11.6 Å². The van der Waals surface area contributed by atoms with Crippen LogP contribution in [0.5, 0.6) is 5.75 Å². The van der Waals surface area contributed by atoms with Gasteiger partial charge in [-0.2, -0.15) is 4.39 Å². The second-order valence-corrected chi connectivity index (χ2v) is 12.5. The minimum Gasteiger partial charge on any atom is -0.490 e. The molecule has 0 spiro atoms. The van der Waals surface area contributed by atoms with Gasteiger partial charge in [-0.1, -0.05) is 94.0 Å². The van der Waals surface area contributed by atoms with Crippen molar-refractivity contribution in [3.8, 4) is 28.0 Å². The summed E-state index contributed by atoms with van der Waals surface area (Å²) in [6, 6.07) is 15.5. The molecule has 2 aliphatic carbocycles. The molecule has 0 saturated heterocycles. The molecule has 228 valence electrons. The monoisotopic (exact) mass is 586 g/mol. The molecule has 0 amide bonds. The van der Waals surface area contributed by atoms with Gasteiger partial charge in [0.2, 0.25) is 5.82 Å². The Bertz CT molecular complexity index is 1400. The van der Waals surface area contributed by atoms with Crippen LogP contribution in [0, 0.1) is 35.2 Å². The van der Waals surface area contributed by atoms with Crippen LogP contribution in [0.25, 0.3) is 27.8 Å². The molecule has 0 N–H and O–H groups in total. The average Bonchev–Trinajstić information content (AvgIpc) is 3.04. The van der Waals surface area contributed by atoms with Crippen molar-refractivity contribution >= 4 is 5.57 Å². The summed E-state index contributed by atoms with van der Waals surface area (Å²) in [5, 5.41) is 0. The van der Waals surface area contributed by atoms with Gasteiger partial charge in [0.25, 0.3) is 0 Å². The number of hydrogen-bond donors (Lipinski definition) is 0. The maximum atomic E-state index is 15.4. The second kappa shape index (κ2) is 14.9. The van der Waals surface area contributed by atoms with E-state index in [0.717, 1.165) is 53.7 Å². The lowest BCUT2D eigenvalue weighted by atomic mass is 9.70. The summed E-state index contributed by atoms with van der Waals surface area (Å²) in [4.78, 5) is 0. The summed E-state index contributed by atoms with van der Waals surface area (Å²) in [6.45, 7) is 6.12. The summed E-state index contributed by atoms with van der Waals surface area (Å²) < 4.78 is 50.1. The Kier molecular flexibility index (Phi) is 10.8. The Labute approximate surface area is 255 Å². The van der Waals surface area contributed by atoms with Crippen LogP contribution in [-0.2, 0) is 0 Å². The molecule has 3 aromatic carbocycles. The molecule has 0 aromatic heterocycles. The first-order valence-corrected chi connectivity index (χ1v) is 16.3. The lowest BCUT2D eigenvalue weighted by molar-refractivity contribution is 0.187. The Morgan fingerprint density at radius 1 is 0.791 bits per heavy atom. The van der Waals surface area contributed by atoms with Crippen molar-refractivity contribution in [2.75, 3.05) is 6.61 Å². The molecule has 0 aliphatic heterocycles. The van der Waals surface area contributed by atoms with E-state index < -0.39 is 11.6 Å². The predicted octanol–water partition coefficient (Wildman–Crippen LogP) is 12.0. The van der Waals surface area contributed by atoms with E-state index in [1.165, 1.54) is 63.5 Å². The fourth-order valence-electron chi connectivity index (χ4n) is 7.07. The number of unbranched alkanes of at least 4 members (excludes halogenated alkanes) is 2. The van der Waals surface area contributed by atoms with Crippen LogP contribution in [0.3, 0.4) is 0 Å². The molecule has 1 atom stereocenters. The van der Waals surface area contributed by atoms with Gasteiger partial charge in [-0.3, -0.25) is 0 Å². The first-order valence-electron chi connectivity index (χ1n) is 16.3. The van der Waals surface area contributed by atoms with E-state index in [4.69, 9.17) is 4.74 Å². The fraction of sp³-hybridized carbons (Fsp3) is 0.436. The highest BCUT2D eigenvalue weighted by molar-refractivity contribution is 5.74. The number of hydrogen-bond acceptors (Lipinski definition) is 1. The highest BCUT2D eigenvalue weighted by atomic mass is 19.2. The quantitative estimate of drug-likeness (QED) is 0.151. The molecule has 0 radical (unpaired) electrons. The van der Waals surface area contributed by atoms with Crippen LogP contribution >= 0.6 is 0 Å². The molecule has 1 fully saturated rings. The molecule has 0 heterocycles. The van der Waals surface area contributed by atoms with E-state index in [1.807, 2.05) is 24.3 Å². The van der Waals surface area contributed by atoms with E-state index in [2.05, 4.69) is 19.6 Å². The van der Waals surface area contributed by atoms with Crippen molar-refractivity contribution in [3.63, 3.8) is 0 Å². The van der Waals surface area contributed by atoms with Gasteiger partial charge in [-0.25, -0.2) is 8.78 Å². The van der Waals surface area contributed by atoms with Gasteiger partial charge in [0.1, 0.15) is 5.82 Å². The minimum absolute atomic E-state index is 0.112. The molecule has 3 aromatic rings. The Hall–Kier alpha value is -3.27. The Morgan fingerprint density at radius 2 is 1.51 bits per heavy atom. The maximum Gasteiger partial charge on any atom is 0.201 e. The number of rotatable bonds is 12. The normalized spacial score (nSPS) is 20.5. The van der Waals surface area contributed by atoms with Crippen LogP contribution in [0.4, 0.5) is 13.2 Å². The SMILES string of the molecule is C=CCCOc1ccc(-c2ccc(-c3ccc(C4=CCC(C5CCC(CCCCC)CC5)CC4)c(F)c3)cc2)c(F)c1F. The van der Waals surface area contributed by atoms with Gasteiger partial charge in [0.05, 0.1) is 6.61 Å². The summed E-state index contributed by atoms with van der Waals surface area (Å²) in [6.07, 6.45) is 18.6. The zero-order chi connectivity index (χ0) is 30.2. The van der Waals surface area contributed by atoms with Crippen LogP contribution in [0.2, 0.25) is 0 Å². The van der Waals surface area contributed by atoms with E-state index in [0.29, 0.717) is 17.5 Å². The highest BCUT2D eigenvalue weighted by Crippen LogP contribution is 2.43. The number of allylic oxidation sites excluding steroid dienone is 2. The lowest BCUT2D eigenvalue weighted by Crippen LogP contribution is -2.23. The third-order valence-corrected chi connectivity index (χ3v) is 9.70.